The average Bonchev–Trinajstić information content (AvgIpc) is 1.76. The van der Waals surface area contributed by atoms with Crippen LogP contribution in [0, 0.1) is 0 Å². The van der Waals surface area contributed by atoms with E-state index in [9.17, 15) is 43.3 Å². The third-order valence-corrected chi connectivity index (χ3v) is 25.9. The minimum absolute atomic E-state index is 0.0236. The maximum Gasteiger partial charge on any atom is 0.286 e. The van der Waals surface area contributed by atoms with Crippen molar-refractivity contribution in [2.75, 3.05) is 0 Å². The molecule has 35 heteroatoms. The van der Waals surface area contributed by atoms with E-state index in [1.54, 1.807) is 44.2 Å². The monoisotopic (exact) mass is 1520 g/mol. The predicted octanol–water partition coefficient (Wildman–Crippen LogP) is 12.0. The Morgan fingerprint density at radius 1 is 0.475 bits per heavy atom. The molecule has 9 rings (SSSR count). The number of sulfone groups is 4. The largest absolute Gasteiger partial charge is 0.416 e. The molecule has 0 aliphatic heterocycles. The lowest BCUT2D eigenvalue weighted by Crippen LogP contribution is -2.50. The van der Waals surface area contributed by atoms with Gasteiger partial charge in [0.1, 0.15) is 15.3 Å². The second-order valence-corrected chi connectivity index (χ2v) is 38.9. The number of carbonyl (C=O) groups excluding carboxylic acids is 2. The van der Waals surface area contributed by atoms with Crippen molar-refractivity contribution >= 4 is 103 Å². The number of benzene rings is 4. The molecule has 0 unspecified atom stereocenters. The number of carbonyl (C=O) groups is 2. The summed E-state index contributed by atoms with van der Waals surface area (Å²) in [6, 6.07) is 28.2. The van der Waals surface area contributed by atoms with Crippen molar-refractivity contribution < 1.29 is 61.2 Å². The van der Waals surface area contributed by atoms with Gasteiger partial charge in [-0.05, 0) is 152 Å². The molecule has 5 heterocycles. The van der Waals surface area contributed by atoms with Crippen molar-refractivity contribution in [3.8, 4) is 23.2 Å². The quantitative estimate of drug-likeness (QED) is 0.0197. The van der Waals surface area contributed by atoms with Crippen molar-refractivity contribution in [3.05, 3.63) is 170 Å². The van der Waals surface area contributed by atoms with E-state index in [2.05, 4.69) is 51.4 Å². The topological polar surface area (TPSA) is 418 Å². The Morgan fingerprint density at radius 3 is 1.21 bits per heavy atom. The van der Waals surface area contributed by atoms with Crippen LogP contribution in [0.3, 0.4) is 0 Å². The second-order valence-electron chi connectivity index (χ2n) is 27.2. The number of amidine groups is 1. The first kappa shape index (κ1) is 80.1. The molecule has 0 fully saturated rings. The Morgan fingerprint density at radius 2 is 0.828 bits per heavy atom. The number of nitrogens with zero attached hydrogens (tertiary/aromatic N) is 8. The number of aromatic nitrogens is 8. The van der Waals surface area contributed by atoms with Crippen molar-refractivity contribution in [1.82, 2.24) is 51.7 Å². The molecule has 4 aromatic carbocycles. The zero-order chi connectivity index (χ0) is 74.7. The van der Waals surface area contributed by atoms with Gasteiger partial charge in [0.15, 0.2) is 54.7 Å². The summed E-state index contributed by atoms with van der Waals surface area (Å²) >= 11 is 23.2. The van der Waals surface area contributed by atoms with E-state index in [1.807, 2.05) is 67.7 Å². The lowest BCUT2D eigenvalue weighted by Gasteiger charge is -2.22. The number of hydrogen-bond acceptors (Lipinski definition) is 23. The van der Waals surface area contributed by atoms with Gasteiger partial charge in [0.05, 0.1) is 36.7 Å². The van der Waals surface area contributed by atoms with Gasteiger partial charge in [-0.1, -0.05) is 124 Å². The first-order chi connectivity index (χ1) is 45.3. The summed E-state index contributed by atoms with van der Waals surface area (Å²) in [6.45, 7) is 29.2. The number of hydrazine groups is 1. The number of nitrogens with one attached hydrogen (secondary N) is 3. The van der Waals surface area contributed by atoms with Crippen LogP contribution in [-0.2, 0) is 74.7 Å². The molecule has 7 N–H and O–H groups in total. The summed E-state index contributed by atoms with van der Waals surface area (Å²) in [6.07, 6.45) is 0. The fraction of sp³-hybridized carbons (Fsp3) is 0.375. The average molecular weight is 1520 g/mol. The van der Waals surface area contributed by atoms with Crippen LogP contribution in [0.5, 0.6) is 0 Å². The first-order valence-corrected chi connectivity index (χ1v) is 37.1. The number of hydrogen-bond donors (Lipinski definition) is 5. The van der Waals surface area contributed by atoms with Crippen molar-refractivity contribution in [3.63, 3.8) is 0 Å². The van der Waals surface area contributed by atoms with Gasteiger partial charge < -0.3 is 23.7 Å². The van der Waals surface area contributed by atoms with Crippen molar-refractivity contribution in [2.24, 2.45) is 16.7 Å². The summed E-state index contributed by atoms with van der Waals surface area (Å²) in [7, 11) is -15.3. The van der Waals surface area contributed by atoms with Gasteiger partial charge in [0.2, 0.25) is 29.0 Å². The molecule has 0 aliphatic rings. The Kier molecular flexibility index (Phi) is 24.1. The Labute approximate surface area is 594 Å². The molecule has 5 aromatic heterocycles. The number of aromatic amines is 1. The molecule has 99 heavy (non-hydrogen) atoms. The van der Waals surface area contributed by atoms with Gasteiger partial charge in [-0.15, -0.1) is 15.3 Å². The van der Waals surface area contributed by atoms with Crippen LogP contribution in [0.1, 0.15) is 152 Å². The number of amides is 2. The van der Waals surface area contributed by atoms with E-state index < -0.39 is 70.2 Å². The minimum atomic E-state index is -4.00. The summed E-state index contributed by atoms with van der Waals surface area (Å²) < 4.78 is 117. The lowest BCUT2D eigenvalue weighted by atomic mass is 9.92. The van der Waals surface area contributed by atoms with Gasteiger partial charge in [0.25, 0.3) is 17.7 Å². The molecule has 0 atom stereocenters. The van der Waals surface area contributed by atoms with Crippen LogP contribution in [0.15, 0.2) is 158 Å². The molecule has 2 amide bonds. The van der Waals surface area contributed by atoms with Gasteiger partial charge in [-0.2, -0.15) is 5.10 Å². The molecule has 0 radical (unpaired) electrons. The Balaban J connectivity index is 0.000000211. The lowest BCUT2D eigenvalue weighted by molar-refractivity contribution is -0.123. The zero-order valence-electron chi connectivity index (χ0n) is 57.1. The molecule has 27 nitrogen and oxygen atoms in total. The highest BCUT2D eigenvalue weighted by atomic mass is 35.5. The van der Waals surface area contributed by atoms with E-state index in [-0.39, 0.29) is 70.9 Å². The van der Waals surface area contributed by atoms with Crippen LogP contribution in [0.25, 0.3) is 23.2 Å². The summed E-state index contributed by atoms with van der Waals surface area (Å²) in [5.41, 5.74) is 11.4. The van der Waals surface area contributed by atoms with E-state index in [0.29, 0.717) is 37.3 Å². The third kappa shape index (κ3) is 17.8. The number of hydrazone groups is 1. The molecule has 0 bridgehead atoms. The minimum Gasteiger partial charge on any atom is -0.416 e. The number of halogens is 4. The van der Waals surface area contributed by atoms with Crippen LogP contribution in [0.2, 0.25) is 20.1 Å². The number of rotatable bonds is 16. The maximum atomic E-state index is 13.1. The Hall–Kier alpha value is -7.88. The summed E-state index contributed by atoms with van der Waals surface area (Å²) in [4.78, 5) is 28.6. The SMILES string of the molecule is CC(C)(C(=O)NN)S(=O)(=O)c1ccc(Cl)cc1.CC(C)(C)c1cc(-c2n[nH]c(C(C)(C)S(=O)(=O)c3ccc(Cl)cc3)n2)on1.CC(C)(C)c1cc(-c2nnc(C(C)(C)S(=O)(=O)c3ccc(Cl)cc3)o2)on1.CC(C)(C)c1cc(/C(N)=N/NC(=O)C(C)(C)S(=O)(=O)c2ccc(Cl)cc2)on1. The van der Waals surface area contributed by atoms with E-state index in [0.717, 1.165) is 11.4 Å². The van der Waals surface area contributed by atoms with Gasteiger partial charge >= 0.3 is 0 Å². The van der Waals surface area contributed by atoms with Gasteiger partial charge in [-0.25, -0.2) is 49.9 Å². The zero-order valence-corrected chi connectivity index (χ0v) is 63.4. The van der Waals surface area contributed by atoms with E-state index >= 15 is 0 Å². The standard InChI is InChI=1S/C18H23ClN4O4S.C18H21ClN4O3S.C18H20ClN3O4S.C10H13ClN2O3S/c1-17(2,3)14-10-13(27-23-14)15(20)21-22-16(24)18(4,5)28(25,26)12-8-6-11(19)7-9-12;1-17(2,3)14-10-13(26-23-14)15-20-16(22-21-15)18(4,5)27(24,25)12-8-6-11(19)7-9-12;1-17(2,3)14-10-13(26-22-14)15-20-21-16(25-15)18(4,5)27(23,24)12-8-6-11(19)7-9-12;1-10(2,9(14)13-12)17(15,16)8-5-3-7(11)4-6-8/h6-10H,1-5H3,(H2,20,21)(H,22,24);6-10H,1-5H3,(H,20,21,22);6-10H,1-5H3;3-6H,12H2,1-2H3,(H,13,14). The van der Waals surface area contributed by atoms with Crippen LogP contribution >= 0.6 is 46.4 Å². The molecule has 0 aliphatic carbocycles. The molecule has 534 valence electrons. The van der Waals surface area contributed by atoms with Crippen molar-refractivity contribution in [1.29, 1.82) is 0 Å². The fourth-order valence-corrected chi connectivity index (χ4v) is 14.1. The molecule has 0 saturated carbocycles. The fourth-order valence-electron chi connectivity index (χ4n) is 8.01. The molecule has 0 spiro atoms. The van der Waals surface area contributed by atoms with E-state index in [1.165, 1.54) is 126 Å². The highest BCUT2D eigenvalue weighted by molar-refractivity contribution is 7.94. The van der Waals surface area contributed by atoms with Gasteiger partial charge in [0, 0.05) is 54.5 Å². The second kappa shape index (κ2) is 29.7. The summed E-state index contributed by atoms with van der Waals surface area (Å²) in [5.74, 6) is 4.57. The van der Waals surface area contributed by atoms with Crippen LogP contribution in [-0.4, -0.2) is 102 Å². The predicted molar refractivity (Wildman–Crippen MR) is 374 cm³/mol. The smallest absolute Gasteiger partial charge is 0.286 e. The maximum absolute atomic E-state index is 13.1. The summed E-state index contributed by atoms with van der Waals surface area (Å²) in [5, 5.41) is 32.2. The highest BCUT2D eigenvalue weighted by Crippen LogP contribution is 2.38. The Bertz CT molecular complexity index is 4680. The molecule has 9 aromatic rings. The van der Waals surface area contributed by atoms with E-state index in [4.69, 9.17) is 76.0 Å². The van der Waals surface area contributed by atoms with Crippen molar-refractivity contribution in [2.45, 2.75) is 173 Å². The molecule has 0 saturated heterocycles. The van der Waals surface area contributed by atoms with Gasteiger partial charge in [-0.3, -0.25) is 20.1 Å². The normalized spacial score (nSPS) is 13.1. The third-order valence-electron chi connectivity index (χ3n) is 15.2. The van der Waals surface area contributed by atoms with Crippen LogP contribution < -0.4 is 22.4 Å². The first-order valence-electron chi connectivity index (χ1n) is 29.7. The molecular weight excluding hydrogens is 1440 g/mol. The molecular formula is C64H77Cl4N13O14S4. The highest BCUT2D eigenvalue weighted by Gasteiger charge is 2.46. The van der Waals surface area contributed by atoms with Crippen LogP contribution in [0.4, 0.5) is 0 Å². The number of H-pyrrole nitrogens is 1. The number of nitrogens with two attached hydrogens (primary N) is 2.